The SMILES string of the molecule is NC1NNC(C(=O)NCCn2ncc3ccccc3c2=O)C1Cl. The van der Waals surface area contributed by atoms with Gasteiger partial charge in [0.2, 0.25) is 5.91 Å². The maximum absolute atomic E-state index is 12.3. The summed E-state index contributed by atoms with van der Waals surface area (Å²) in [5.41, 5.74) is 10.9. The molecule has 1 aromatic carbocycles. The Labute approximate surface area is 137 Å². The monoisotopic (exact) mass is 336 g/mol. The minimum absolute atomic E-state index is 0.185. The lowest BCUT2D eigenvalue weighted by molar-refractivity contribution is -0.122. The van der Waals surface area contributed by atoms with Crippen molar-refractivity contribution in [1.29, 1.82) is 0 Å². The fourth-order valence-electron chi connectivity index (χ4n) is 2.44. The molecule has 1 aliphatic rings. The Morgan fingerprint density at radius 2 is 2.17 bits per heavy atom. The molecule has 3 unspecified atom stereocenters. The van der Waals surface area contributed by atoms with Crippen LogP contribution >= 0.6 is 11.6 Å². The third kappa shape index (κ3) is 3.20. The van der Waals surface area contributed by atoms with Crippen molar-refractivity contribution in [3.05, 3.63) is 40.8 Å². The molecule has 0 aliphatic carbocycles. The largest absolute Gasteiger partial charge is 0.353 e. The van der Waals surface area contributed by atoms with E-state index in [1.807, 2.05) is 12.1 Å². The number of hydrogen-bond acceptors (Lipinski definition) is 6. The van der Waals surface area contributed by atoms with Crippen LogP contribution in [-0.2, 0) is 11.3 Å². The predicted octanol–water partition coefficient (Wildman–Crippen LogP) is -1.12. The van der Waals surface area contributed by atoms with Gasteiger partial charge >= 0.3 is 0 Å². The standard InChI is InChI=1S/C14H17ClN6O2/c15-10-11(19-20-12(10)16)13(22)17-5-6-21-14(23)9-4-2-1-3-8(9)7-18-21/h1-4,7,10-12,19-20H,5-6,16H2,(H,17,22). The number of halogens is 1. The number of carbonyl (C=O) groups excluding carboxylic acids is 1. The lowest BCUT2D eigenvalue weighted by Gasteiger charge is -2.14. The van der Waals surface area contributed by atoms with Crippen molar-refractivity contribution in [2.75, 3.05) is 6.54 Å². The summed E-state index contributed by atoms with van der Waals surface area (Å²) in [6.45, 7) is 0.537. The van der Waals surface area contributed by atoms with Crippen molar-refractivity contribution in [1.82, 2.24) is 25.9 Å². The normalized spacial score (nSPS) is 24.0. The first-order valence-electron chi connectivity index (χ1n) is 7.21. The molecule has 0 spiro atoms. The van der Waals surface area contributed by atoms with Crippen LogP contribution in [0.2, 0.25) is 0 Å². The van der Waals surface area contributed by atoms with Crippen molar-refractivity contribution >= 4 is 28.3 Å². The lowest BCUT2D eigenvalue weighted by atomic mass is 10.2. The number of hydrogen-bond donors (Lipinski definition) is 4. The smallest absolute Gasteiger partial charge is 0.274 e. The number of fused-ring (bicyclic) bond motifs is 1. The van der Waals surface area contributed by atoms with E-state index in [9.17, 15) is 9.59 Å². The molecule has 23 heavy (non-hydrogen) atoms. The van der Waals surface area contributed by atoms with Gasteiger partial charge in [-0.2, -0.15) is 5.10 Å². The molecular formula is C14H17ClN6O2. The Morgan fingerprint density at radius 1 is 1.39 bits per heavy atom. The van der Waals surface area contributed by atoms with Gasteiger partial charge in [0, 0.05) is 11.9 Å². The van der Waals surface area contributed by atoms with Crippen LogP contribution in [0.15, 0.2) is 35.3 Å². The minimum Gasteiger partial charge on any atom is -0.353 e. The van der Waals surface area contributed by atoms with Gasteiger partial charge in [0.1, 0.15) is 6.04 Å². The van der Waals surface area contributed by atoms with Crippen molar-refractivity contribution in [2.45, 2.75) is 24.1 Å². The summed E-state index contributed by atoms with van der Waals surface area (Å²) in [7, 11) is 0. The summed E-state index contributed by atoms with van der Waals surface area (Å²) in [5.74, 6) is -0.278. The van der Waals surface area contributed by atoms with Gasteiger partial charge in [-0.1, -0.05) is 18.2 Å². The number of alkyl halides is 1. The molecule has 8 nitrogen and oxygen atoms in total. The van der Waals surface area contributed by atoms with Gasteiger partial charge in [-0.15, -0.1) is 11.6 Å². The Hall–Kier alpha value is -2.00. The highest BCUT2D eigenvalue weighted by atomic mass is 35.5. The number of nitrogens with two attached hydrogens (primary N) is 1. The Kier molecular flexibility index (Phi) is 4.58. The number of aromatic nitrogens is 2. The van der Waals surface area contributed by atoms with Crippen molar-refractivity contribution in [3.63, 3.8) is 0 Å². The molecule has 1 amide bonds. The molecule has 1 aromatic heterocycles. The van der Waals surface area contributed by atoms with E-state index < -0.39 is 17.6 Å². The molecule has 0 bridgehead atoms. The summed E-state index contributed by atoms with van der Waals surface area (Å²) in [6.07, 6.45) is 1.15. The van der Waals surface area contributed by atoms with Crippen LogP contribution < -0.4 is 27.5 Å². The summed E-state index contributed by atoms with van der Waals surface area (Å²) < 4.78 is 1.33. The summed E-state index contributed by atoms with van der Waals surface area (Å²) in [5, 5.41) is 7.67. The van der Waals surface area contributed by atoms with E-state index in [2.05, 4.69) is 21.3 Å². The highest BCUT2D eigenvalue weighted by Crippen LogP contribution is 2.10. The summed E-state index contributed by atoms with van der Waals surface area (Å²) in [4.78, 5) is 24.3. The van der Waals surface area contributed by atoms with Gasteiger partial charge in [0.25, 0.3) is 5.56 Å². The topological polar surface area (TPSA) is 114 Å². The Bertz CT molecular complexity index is 779. The van der Waals surface area contributed by atoms with Crippen LogP contribution in [0.1, 0.15) is 0 Å². The predicted molar refractivity (Wildman–Crippen MR) is 86.7 cm³/mol. The van der Waals surface area contributed by atoms with Crippen LogP contribution in [0.5, 0.6) is 0 Å². The van der Waals surface area contributed by atoms with Gasteiger partial charge in [-0.05, 0) is 6.07 Å². The van der Waals surface area contributed by atoms with Crippen LogP contribution in [0.25, 0.3) is 10.8 Å². The zero-order valence-electron chi connectivity index (χ0n) is 12.2. The molecule has 9 heteroatoms. The molecule has 3 rings (SSSR count). The lowest BCUT2D eigenvalue weighted by Crippen LogP contribution is -2.47. The van der Waals surface area contributed by atoms with Crippen molar-refractivity contribution < 1.29 is 4.79 Å². The average Bonchev–Trinajstić information content (AvgIpc) is 2.89. The molecule has 2 heterocycles. The van der Waals surface area contributed by atoms with Crippen LogP contribution in [0.3, 0.4) is 0 Å². The van der Waals surface area contributed by atoms with E-state index in [1.165, 1.54) is 4.68 Å². The number of nitrogens with zero attached hydrogens (tertiary/aromatic N) is 2. The third-order valence-corrected chi connectivity index (χ3v) is 4.26. The van der Waals surface area contributed by atoms with Crippen LogP contribution in [-0.4, -0.2) is 39.8 Å². The first-order chi connectivity index (χ1) is 11.1. The van der Waals surface area contributed by atoms with E-state index in [0.717, 1.165) is 5.39 Å². The van der Waals surface area contributed by atoms with E-state index in [0.29, 0.717) is 5.39 Å². The van der Waals surface area contributed by atoms with E-state index in [1.54, 1.807) is 18.3 Å². The van der Waals surface area contributed by atoms with Gasteiger partial charge in [-0.3, -0.25) is 9.59 Å². The number of amides is 1. The number of hydrazine groups is 1. The average molecular weight is 337 g/mol. The molecular weight excluding hydrogens is 320 g/mol. The van der Waals surface area contributed by atoms with Gasteiger partial charge < -0.3 is 11.1 Å². The molecule has 0 saturated carbocycles. The molecule has 122 valence electrons. The second kappa shape index (κ2) is 6.63. The summed E-state index contributed by atoms with van der Waals surface area (Å²) in [6, 6.07) is 6.62. The Balaban J connectivity index is 1.62. The van der Waals surface area contributed by atoms with Crippen molar-refractivity contribution in [3.8, 4) is 0 Å². The molecule has 1 saturated heterocycles. The summed E-state index contributed by atoms with van der Waals surface area (Å²) >= 11 is 6.03. The van der Waals surface area contributed by atoms with Gasteiger partial charge in [0.15, 0.2) is 0 Å². The molecule has 3 atom stereocenters. The highest BCUT2D eigenvalue weighted by Gasteiger charge is 2.36. The zero-order chi connectivity index (χ0) is 16.4. The first kappa shape index (κ1) is 15.9. The fraction of sp³-hybridized carbons (Fsp3) is 0.357. The highest BCUT2D eigenvalue weighted by molar-refractivity contribution is 6.23. The van der Waals surface area contributed by atoms with Gasteiger partial charge in [0.05, 0.1) is 29.7 Å². The zero-order valence-corrected chi connectivity index (χ0v) is 13.0. The first-order valence-corrected chi connectivity index (χ1v) is 7.65. The maximum Gasteiger partial charge on any atom is 0.274 e. The maximum atomic E-state index is 12.3. The third-order valence-electron chi connectivity index (χ3n) is 3.73. The molecule has 0 radical (unpaired) electrons. The van der Waals surface area contributed by atoms with Crippen molar-refractivity contribution in [2.24, 2.45) is 5.73 Å². The molecule has 1 fully saturated rings. The quantitative estimate of drug-likeness (QED) is 0.526. The van der Waals surface area contributed by atoms with Crippen LogP contribution in [0.4, 0.5) is 0 Å². The van der Waals surface area contributed by atoms with E-state index in [-0.39, 0.29) is 24.6 Å². The number of nitrogens with one attached hydrogen (secondary N) is 3. The second-order valence-electron chi connectivity index (χ2n) is 5.29. The van der Waals surface area contributed by atoms with Crippen LogP contribution in [0, 0.1) is 0 Å². The Morgan fingerprint density at radius 3 is 2.91 bits per heavy atom. The molecule has 2 aromatic rings. The number of carbonyl (C=O) groups is 1. The molecule has 5 N–H and O–H groups in total. The molecule has 1 aliphatic heterocycles. The minimum atomic E-state index is -0.618. The number of benzene rings is 1. The van der Waals surface area contributed by atoms with Gasteiger partial charge in [-0.25, -0.2) is 15.5 Å². The fourth-order valence-corrected chi connectivity index (χ4v) is 2.69. The number of rotatable bonds is 4. The second-order valence-corrected chi connectivity index (χ2v) is 5.79. The van der Waals surface area contributed by atoms with E-state index >= 15 is 0 Å². The van der Waals surface area contributed by atoms with E-state index in [4.69, 9.17) is 17.3 Å².